The van der Waals surface area contributed by atoms with Crippen LogP contribution in [0.3, 0.4) is 0 Å². The Labute approximate surface area is 86.2 Å². The fraction of sp³-hybridized carbons (Fsp3) is 0.667. The van der Waals surface area contributed by atoms with Crippen LogP contribution in [0.15, 0.2) is 0 Å². The first kappa shape index (κ1) is 9.95. The van der Waals surface area contributed by atoms with Gasteiger partial charge >= 0.3 is 5.97 Å². The zero-order valence-corrected chi connectivity index (χ0v) is 8.10. The third-order valence-corrected chi connectivity index (χ3v) is 2.97. The van der Waals surface area contributed by atoms with Gasteiger partial charge in [-0.2, -0.15) is 0 Å². The molecule has 82 valence electrons. The van der Waals surface area contributed by atoms with Crippen LogP contribution < -0.4 is 5.32 Å². The van der Waals surface area contributed by atoms with Gasteiger partial charge in [-0.1, -0.05) is 0 Å². The van der Waals surface area contributed by atoms with Gasteiger partial charge in [0, 0.05) is 6.54 Å². The molecule has 2 heterocycles. The molecule has 2 aliphatic heterocycles. The Kier molecular flexibility index (Phi) is 2.34. The number of hydrogen-bond acceptors (Lipinski definition) is 3. The van der Waals surface area contributed by atoms with Crippen LogP contribution in [0.1, 0.15) is 12.8 Å². The number of rotatable bonds is 1. The first-order valence-corrected chi connectivity index (χ1v) is 4.89. The maximum atomic E-state index is 11.5. The van der Waals surface area contributed by atoms with E-state index < -0.39 is 17.9 Å². The molecular weight excluding hydrogens is 200 g/mol. The predicted molar refractivity (Wildman–Crippen MR) is 48.9 cm³/mol. The summed E-state index contributed by atoms with van der Waals surface area (Å²) in [5.41, 5.74) is 0. The Morgan fingerprint density at radius 2 is 2.13 bits per heavy atom. The van der Waals surface area contributed by atoms with Gasteiger partial charge in [0.15, 0.2) is 0 Å². The highest BCUT2D eigenvalue weighted by Gasteiger charge is 2.40. The molecule has 15 heavy (non-hydrogen) atoms. The fourth-order valence-corrected chi connectivity index (χ4v) is 2.10. The molecule has 6 nitrogen and oxygen atoms in total. The van der Waals surface area contributed by atoms with Gasteiger partial charge in [-0.05, 0) is 12.8 Å². The minimum atomic E-state index is -0.896. The number of piperazine rings is 1. The van der Waals surface area contributed by atoms with Gasteiger partial charge < -0.3 is 15.3 Å². The summed E-state index contributed by atoms with van der Waals surface area (Å²) in [5.74, 6) is -1.78. The van der Waals surface area contributed by atoms with E-state index in [-0.39, 0.29) is 24.9 Å². The molecule has 0 saturated carbocycles. The van der Waals surface area contributed by atoms with Gasteiger partial charge in [-0.25, -0.2) is 0 Å². The van der Waals surface area contributed by atoms with Gasteiger partial charge in [0.25, 0.3) is 0 Å². The summed E-state index contributed by atoms with van der Waals surface area (Å²) in [5, 5.41) is 11.3. The van der Waals surface area contributed by atoms with Crippen molar-refractivity contribution in [3.8, 4) is 0 Å². The Morgan fingerprint density at radius 3 is 2.80 bits per heavy atom. The molecule has 0 bridgehead atoms. The zero-order chi connectivity index (χ0) is 11.0. The topological polar surface area (TPSA) is 86.7 Å². The average Bonchev–Trinajstić information content (AvgIpc) is 2.23. The minimum absolute atomic E-state index is 0.0122. The number of carbonyl (C=O) groups is 3. The van der Waals surface area contributed by atoms with Crippen molar-refractivity contribution in [2.45, 2.75) is 18.9 Å². The van der Waals surface area contributed by atoms with Crippen molar-refractivity contribution in [1.82, 2.24) is 10.2 Å². The molecule has 0 aromatic carbocycles. The summed E-state index contributed by atoms with van der Waals surface area (Å²) in [7, 11) is 0. The van der Waals surface area contributed by atoms with Crippen LogP contribution in [0, 0.1) is 5.92 Å². The lowest BCUT2D eigenvalue weighted by Gasteiger charge is -2.40. The number of piperidine rings is 1. The number of nitrogens with zero attached hydrogens (tertiary/aromatic N) is 1. The molecular formula is C9H12N2O4. The van der Waals surface area contributed by atoms with Crippen molar-refractivity contribution in [2.75, 3.05) is 13.1 Å². The van der Waals surface area contributed by atoms with E-state index in [1.54, 1.807) is 0 Å². The molecule has 0 aromatic heterocycles. The molecule has 2 atom stereocenters. The third-order valence-electron chi connectivity index (χ3n) is 2.97. The van der Waals surface area contributed by atoms with E-state index in [4.69, 9.17) is 5.11 Å². The standard InChI is InChI=1S/C9H12N2O4/c12-7-3-10-8(13)6-2-1-5(9(14)15)4-11(6)7/h5-6H,1-4H2,(H,10,13)(H,14,15). The van der Waals surface area contributed by atoms with Crippen LogP contribution in [0.25, 0.3) is 0 Å². The first-order chi connectivity index (χ1) is 7.09. The van der Waals surface area contributed by atoms with E-state index in [0.29, 0.717) is 12.8 Å². The smallest absolute Gasteiger partial charge is 0.308 e. The van der Waals surface area contributed by atoms with E-state index in [9.17, 15) is 14.4 Å². The number of carboxylic acid groups (broad SMARTS) is 1. The third kappa shape index (κ3) is 1.67. The van der Waals surface area contributed by atoms with Crippen LogP contribution in [-0.2, 0) is 14.4 Å². The maximum Gasteiger partial charge on any atom is 0.308 e. The lowest BCUT2D eigenvalue weighted by Crippen LogP contribution is -2.61. The van der Waals surface area contributed by atoms with Gasteiger partial charge in [0.05, 0.1) is 12.5 Å². The van der Waals surface area contributed by atoms with E-state index in [0.717, 1.165) is 0 Å². The molecule has 0 aliphatic carbocycles. The molecule has 0 spiro atoms. The van der Waals surface area contributed by atoms with Crippen molar-refractivity contribution in [2.24, 2.45) is 5.92 Å². The van der Waals surface area contributed by atoms with Crippen molar-refractivity contribution in [1.29, 1.82) is 0 Å². The molecule has 2 N–H and O–H groups in total. The predicted octanol–water partition coefficient (Wildman–Crippen LogP) is -1.19. The summed E-state index contributed by atoms with van der Waals surface area (Å²) in [6, 6.07) is -0.457. The summed E-state index contributed by atoms with van der Waals surface area (Å²) >= 11 is 0. The first-order valence-electron chi connectivity index (χ1n) is 4.89. The lowest BCUT2D eigenvalue weighted by molar-refractivity contribution is -0.154. The molecule has 2 aliphatic rings. The average molecular weight is 212 g/mol. The highest BCUT2D eigenvalue weighted by atomic mass is 16.4. The Hall–Kier alpha value is -1.59. The number of hydrogen-bond donors (Lipinski definition) is 2. The van der Waals surface area contributed by atoms with Crippen molar-refractivity contribution in [3.05, 3.63) is 0 Å². The van der Waals surface area contributed by atoms with Gasteiger partial charge in [-0.3, -0.25) is 14.4 Å². The number of carboxylic acids is 1. The summed E-state index contributed by atoms with van der Waals surface area (Å²) < 4.78 is 0. The summed E-state index contributed by atoms with van der Waals surface area (Å²) in [4.78, 5) is 35.0. The molecule has 2 unspecified atom stereocenters. The second kappa shape index (κ2) is 3.52. The lowest BCUT2D eigenvalue weighted by atomic mass is 9.91. The SMILES string of the molecule is O=C(O)C1CCC2C(=O)NCC(=O)N2C1. The number of carbonyl (C=O) groups excluding carboxylic acids is 2. The van der Waals surface area contributed by atoms with Crippen molar-refractivity contribution < 1.29 is 19.5 Å². The Morgan fingerprint density at radius 1 is 1.40 bits per heavy atom. The molecule has 6 heteroatoms. The van der Waals surface area contributed by atoms with Crippen LogP contribution in [0.4, 0.5) is 0 Å². The number of amides is 2. The van der Waals surface area contributed by atoms with Gasteiger partial charge in [-0.15, -0.1) is 0 Å². The molecule has 0 aromatic rings. The highest BCUT2D eigenvalue weighted by molar-refractivity contribution is 5.95. The Balaban J connectivity index is 2.13. The zero-order valence-electron chi connectivity index (χ0n) is 8.10. The van der Waals surface area contributed by atoms with Gasteiger partial charge in [0.2, 0.25) is 11.8 Å². The van der Waals surface area contributed by atoms with E-state index in [1.807, 2.05) is 0 Å². The number of aliphatic carboxylic acids is 1. The highest BCUT2D eigenvalue weighted by Crippen LogP contribution is 2.24. The maximum absolute atomic E-state index is 11.5. The van der Waals surface area contributed by atoms with E-state index in [1.165, 1.54) is 4.90 Å². The normalized spacial score (nSPS) is 30.8. The molecule has 2 rings (SSSR count). The van der Waals surface area contributed by atoms with Crippen molar-refractivity contribution >= 4 is 17.8 Å². The fourth-order valence-electron chi connectivity index (χ4n) is 2.10. The minimum Gasteiger partial charge on any atom is -0.481 e. The van der Waals surface area contributed by atoms with E-state index in [2.05, 4.69) is 5.32 Å². The summed E-state index contributed by atoms with van der Waals surface area (Å²) in [6.45, 7) is 0.147. The van der Waals surface area contributed by atoms with Gasteiger partial charge in [0.1, 0.15) is 6.04 Å². The second-order valence-electron chi connectivity index (χ2n) is 3.89. The quantitative estimate of drug-likeness (QED) is 0.572. The molecule has 0 radical (unpaired) electrons. The Bertz CT molecular complexity index is 328. The monoisotopic (exact) mass is 212 g/mol. The largest absolute Gasteiger partial charge is 0.481 e. The molecule has 2 fully saturated rings. The molecule has 2 saturated heterocycles. The van der Waals surface area contributed by atoms with Crippen molar-refractivity contribution in [3.63, 3.8) is 0 Å². The number of fused-ring (bicyclic) bond motifs is 1. The summed E-state index contributed by atoms with van der Waals surface area (Å²) in [6.07, 6.45) is 0.895. The van der Waals surface area contributed by atoms with Crippen LogP contribution >= 0.6 is 0 Å². The number of nitrogens with one attached hydrogen (secondary N) is 1. The molecule has 2 amide bonds. The second-order valence-corrected chi connectivity index (χ2v) is 3.89. The van der Waals surface area contributed by atoms with Crippen LogP contribution in [-0.4, -0.2) is 46.9 Å². The van der Waals surface area contributed by atoms with E-state index >= 15 is 0 Å². The van der Waals surface area contributed by atoms with Crippen LogP contribution in [0.2, 0.25) is 0 Å². The van der Waals surface area contributed by atoms with Crippen LogP contribution in [0.5, 0.6) is 0 Å².